The Kier molecular flexibility index (Phi) is 7.00. The summed E-state index contributed by atoms with van der Waals surface area (Å²) >= 11 is 0. The van der Waals surface area contributed by atoms with Gasteiger partial charge in [0.2, 0.25) is 0 Å². The molecule has 0 unspecified atom stereocenters. The largest absolute Gasteiger partial charge is 0.573 e. The molecule has 0 spiro atoms. The minimum Gasteiger partial charge on any atom is -0.405 e. The number of hydrogen-bond donors (Lipinski definition) is 1. The van der Waals surface area contributed by atoms with E-state index < -0.39 is 40.9 Å². The van der Waals surface area contributed by atoms with Gasteiger partial charge in [0.15, 0.2) is 0 Å². The van der Waals surface area contributed by atoms with Gasteiger partial charge in [-0.3, -0.25) is 4.79 Å². The van der Waals surface area contributed by atoms with Gasteiger partial charge in [-0.25, -0.2) is 0 Å². The van der Waals surface area contributed by atoms with Gasteiger partial charge in [0.25, 0.3) is 5.91 Å². The molecule has 2 aromatic carbocycles. The van der Waals surface area contributed by atoms with Gasteiger partial charge in [-0.05, 0) is 23.8 Å². The second-order valence-electron chi connectivity index (χ2n) is 6.00. The minimum absolute atomic E-state index is 0.00373. The molecule has 10 heteroatoms. The molecule has 0 atom stereocenters. The van der Waals surface area contributed by atoms with E-state index in [1.54, 1.807) is 0 Å². The molecular formula is C20H15F6NO3. The molecule has 1 amide bonds. The lowest BCUT2D eigenvalue weighted by molar-refractivity contribution is -0.274. The monoisotopic (exact) mass is 431 g/mol. The van der Waals surface area contributed by atoms with Crippen LogP contribution in [0.2, 0.25) is 0 Å². The number of aliphatic hydroxyl groups is 1. The van der Waals surface area contributed by atoms with Crippen LogP contribution in [0.1, 0.15) is 11.1 Å². The quantitative estimate of drug-likeness (QED) is 0.587. The third-order valence-corrected chi connectivity index (χ3v) is 3.82. The molecule has 4 nitrogen and oxygen atoms in total. The fourth-order valence-corrected chi connectivity index (χ4v) is 2.47. The fraction of sp³-hybridized carbons (Fsp3) is 0.250. The summed E-state index contributed by atoms with van der Waals surface area (Å²) in [5.41, 5.74) is -2.33. The Hall–Kier alpha value is -3.19. The number of hydrogen-bond acceptors (Lipinski definition) is 3. The maximum atomic E-state index is 13.6. The summed E-state index contributed by atoms with van der Waals surface area (Å²) in [6.07, 6.45) is -9.99. The standard InChI is InChI=1S/C20H15F6NO3/c1-27(10-11-28)18(29)9-7-13-6-8-14(16(12-13)19(21,22)23)15-4-2-3-5-17(15)30-20(24,25)26/h2-6,8,12,28H,10-11H2,1H3. The first-order valence-electron chi connectivity index (χ1n) is 8.36. The molecule has 0 bridgehead atoms. The molecule has 30 heavy (non-hydrogen) atoms. The Morgan fingerprint density at radius 3 is 2.33 bits per heavy atom. The van der Waals surface area contributed by atoms with Crippen LogP contribution in [0.4, 0.5) is 26.3 Å². The van der Waals surface area contributed by atoms with Crippen LogP contribution in [0.5, 0.6) is 5.75 Å². The average molecular weight is 431 g/mol. The number of amides is 1. The molecule has 2 rings (SSSR count). The van der Waals surface area contributed by atoms with Crippen LogP contribution >= 0.6 is 0 Å². The summed E-state index contributed by atoms with van der Waals surface area (Å²) < 4.78 is 82.5. The van der Waals surface area contributed by atoms with Crippen LogP contribution in [0.3, 0.4) is 0 Å². The van der Waals surface area contributed by atoms with Crippen LogP contribution in [0.15, 0.2) is 42.5 Å². The number of nitrogens with zero attached hydrogens (tertiary/aromatic N) is 1. The van der Waals surface area contributed by atoms with E-state index in [0.29, 0.717) is 6.07 Å². The molecule has 0 aromatic heterocycles. The van der Waals surface area contributed by atoms with Gasteiger partial charge >= 0.3 is 12.5 Å². The lowest BCUT2D eigenvalue weighted by atomic mass is 9.96. The van der Waals surface area contributed by atoms with Crippen LogP contribution in [-0.4, -0.2) is 42.5 Å². The van der Waals surface area contributed by atoms with Crippen LogP contribution in [0.25, 0.3) is 11.1 Å². The van der Waals surface area contributed by atoms with Crippen molar-refractivity contribution in [3.63, 3.8) is 0 Å². The van der Waals surface area contributed by atoms with Gasteiger partial charge in [0.1, 0.15) is 5.75 Å². The third kappa shape index (κ3) is 6.15. The van der Waals surface area contributed by atoms with Crippen molar-refractivity contribution in [2.24, 2.45) is 0 Å². The fourth-order valence-electron chi connectivity index (χ4n) is 2.47. The number of carbonyl (C=O) groups is 1. The van der Waals surface area contributed by atoms with Crippen molar-refractivity contribution in [2.45, 2.75) is 12.5 Å². The summed E-state index contributed by atoms with van der Waals surface area (Å²) in [6.45, 7) is -0.313. The highest BCUT2D eigenvalue weighted by Gasteiger charge is 2.36. The number of rotatable bonds is 4. The van der Waals surface area contributed by atoms with Crippen molar-refractivity contribution in [2.75, 3.05) is 20.2 Å². The predicted molar refractivity (Wildman–Crippen MR) is 95.2 cm³/mol. The van der Waals surface area contributed by atoms with Gasteiger partial charge in [0, 0.05) is 30.6 Å². The summed E-state index contributed by atoms with van der Waals surface area (Å²) in [5.74, 6) is 2.94. The first-order chi connectivity index (χ1) is 13.9. The smallest absolute Gasteiger partial charge is 0.405 e. The molecule has 0 aliphatic rings. The Bertz CT molecular complexity index is 973. The van der Waals surface area contributed by atoms with E-state index in [9.17, 15) is 31.1 Å². The first-order valence-corrected chi connectivity index (χ1v) is 8.36. The van der Waals surface area contributed by atoms with Gasteiger partial charge in [-0.2, -0.15) is 13.2 Å². The summed E-state index contributed by atoms with van der Waals surface area (Å²) in [6, 6.07) is 7.23. The molecule has 2 aromatic rings. The van der Waals surface area contributed by atoms with Crippen molar-refractivity contribution >= 4 is 5.91 Å². The molecule has 1 N–H and O–H groups in total. The van der Waals surface area contributed by atoms with E-state index in [-0.39, 0.29) is 18.7 Å². The highest BCUT2D eigenvalue weighted by molar-refractivity contribution is 5.94. The highest BCUT2D eigenvalue weighted by Crippen LogP contribution is 2.41. The molecule has 160 valence electrons. The second-order valence-corrected chi connectivity index (χ2v) is 6.00. The highest BCUT2D eigenvalue weighted by atomic mass is 19.4. The molecule has 0 saturated carbocycles. The Morgan fingerprint density at radius 2 is 1.73 bits per heavy atom. The maximum Gasteiger partial charge on any atom is 0.573 e. The van der Waals surface area contributed by atoms with E-state index in [2.05, 4.69) is 16.6 Å². The van der Waals surface area contributed by atoms with Crippen LogP contribution in [-0.2, 0) is 11.0 Å². The van der Waals surface area contributed by atoms with E-state index in [0.717, 1.165) is 29.2 Å². The van der Waals surface area contributed by atoms with Crippen LogP contribution < -0.4 is 4.74 Å². The third-order valence-electron chi connectivity index (χ3n) is 3.82. The van der Waals surface area contributed by atoms with Gasteiger partial charge in [-0.1, -0.05) is 30.2 Å². The number of carbonyl (C=O) groups excluding carboxylic acids is 1. The molecule has 0 aliphatic heterocycles. The lowest BCUT2D eigenvalue weighted by Gasteiger charge is -2.17. The molecule has 0 heterocycles. The SMILES string of the molecule is CN(CCO)C(=O)C#Cc1ccc(-c2ccccc2OC(F)(F)F)c(C(F)(F)F)c1. The zero-order chi connectivity index (χ0) is 22.5. The van der Waals surface area contributed by atoms with E-state index in [1.807, 2.05) is 0 Å². The predicted octanol–water partition coefficient (Wildman–Crippen LogP) is 4.07. The second kappa shape index (κ2) is 9.09. The normalized spacial score (nSPS) is 11.5. The van der Waals surface area contributed by atoms with Gasteiger partial charge in [0.05, 0.1) is 12.2 Å². The number of para-hydroxylation sites is 1. The Labute approximate surface area is 167 Å². The Balaban J connectivity index is 2.52. The van der Waals surface area contributed by atoms with E-state index in [4.69, 9.17) is 5.11 Å². The number of ether oxygens (including phenoxy) is 1. The Morgan fingerprint density at radius 1 is 1.07 bits per heavy atom. The number of likely N-dealkylation sites (N-methyl/N-ethyl adjacent to an activating group) is 1. The number of halogens is 6. The number of aliphatic hydroxyl groups excluding tert-OH is 1. The number of alkyl halides is 6. The van der Waals surface area contributed by atoms with Crippen molar-refractivity contribution < 1.29 is 41.0 Å². The minimum atomic E-state index is -5.08. The lowest BCUT2D eigenvalue weighted by Crippen LogP contribution is -2.28. The molecular weight excluding hydrogens is 416 g/mol. The summed E-state index contributed by atoms with van der Waals surface area (Å²) in [7, 11) is 1.36. The zero-order valence-electron chi connectivity index (χ0n) is 15.4. The molecule has 0 fully saturated rings. The topological polar surface area (TPSA) is 49.8 Å². The van der Waals surface area contributed by atoms with E-state index >= 15 is 0 Å². The maximum absolute atomic E-state index is 13.6. The molecule has 0 aliphatic carbocycles. The van der Waals surface area contributed by atoms with Crippen molar-refractivity contribution in [1.82, 2.24) is 4.90 Å². The molecule has 0 saturated heterocycles. The average Bonchev–Trinajstić information content (AvgIpc) is 2.64. The van der Waals surface area contributed by atoms with Crippen molar-refractivity contribution in [3.8, 4) is 28.7 Å². The van der Waals surface area contributed by atoms with Crippen molar-refractivity contribution in [3.05, 3.63) is 53.6 Å². The molecule has 0 radical (unpaired) electrons. The first kappa shape index (κ1) is 23.1. The van der Waals surface area contributed by atoms with Gasteiger partial charge < -0.3 is 14.7 Å². The van der Waals surface area contributed by atoms with E-state index in [1.165, 1.54) is 19.2 Å². The zero-order valence-corrected chi connectivity index (χ0v) is 15.4. The van der Waals surface area contributed by atoms with Crippen molar-refractivity contribution in [1.29, 1.82) is 0 Å². The van der Waals surface area contributed by atoms with Crippen LogP contribution in [0, 0.1) is 11.8 Å². The number of benzene rings is 2. The summed E-state index contributed by atoms with van der Waals surface area (Å²) in [4.78, 5) is 12.8. The summed E-state index contributed by atoms with van der Waals surface area (Å²) in [5, 5.41) is 8.78. The van der Waals surface area contributed by atoms with Gasteiger partial charge in [-0.15, -0.1) is 13.2 Å².